The maximum atomic E-state index is 13.5. The van der Waals surface area contributed by atoms with Crippen LogP contribution in [0.3, 0.4) is 0 Å². The summed E-state index contributed by atoms with van der Waals surface area (Å²) in [6, 6.07) is 6.76. The van der Waals surface area contributed by atoms with Crippen LogP contribution in [0.25, 0.3) is 0 Å². The number of carboxylic acid groups (broad SMARTS) is 2. The van der Waals surface area contributed by atoms with Gasteiger partial charge < -0.3 is 41.5 Å². The predicted octanol–water partition coefficient (Wildman–Crippen LogP) is 3.31. The summed E-state index contributed by atoms with van der Waals surface area (Å²) in [5.41, 5.74) is 1.47. The second-order valence-electron chi connectivity index (χ2n) is 12.6. The van der Waals surface area contributed by atoms with Gasteiger partial charge in [0.1, 0.15) is 23.9 Å². The van der Waals surface area contributed by atoms with Crippen molar-refractivity contribution in [3.63, 3.8) is 0 Å². The van der Waals surface area contributed by atoms with Gasteiger partial charge in [-0.25, -0.2) is 9.59 Å². The molecule has 0 spiro atoms. The summed E-state index contributed by atoms with van der Waals surface area (Å²) in [4.78, 5) is 73.8. The largest absolute Gasteiger partial charge is 0.508 e. The molecule has 0 bridgehead atoms. The lowest BCUT2D eigenvalue weighted by Crippen LogP contribution is -2.46. The molecular weight excluding hydrogens is 640 g/mol. The highest BCUT2D eigenvalue weighted by atomic mass is 16.6. The summed E-state index contributed by atoms with van der Waals surface area (Å²) in [5, 5.41) is 50.7. The number of benzene rings is 2. The van der Waals surface area contributed by atoms with E-state index in [1.54, 1.807) is 18.2 Å². The molecule has 7 N–H and O–H groups in total. The van der Waals surface area contributed by atoms with Crippen molar-refractivity contribution in [2.75, 3.05) is 10.6 Å². The normalized spacial score (nSPS) is 15.6. The molecule has 49 heavy (non-hydrogen) atoms. The summed E-state index contributed by atoms with van der Waals surface area (Å²) in [6.07, 6.45) is 3.33. The molecule has 0 aliphatic carbocycles. The maximum Gasteiger partial charge on any atom is 0.326 e. The van der Waals surface area contributed by atoms with Crippen LogP contribution < -0.4 is 21.3 Å². The van der Waals surface area contributed by atoms with Gasteiger partial charge >= 0.3 is 11.9 Å². The minimum Gasteiger partial charge on any atom is -0.508 e. The van der Waals surface area contributed by atoms with E-state index in [4.69, 9.17) is 0 Å². The van der Waals surface area contributed by atoms with Crippen LogP contribution in [-0.4, -0.2) is 66.9 Å². The average Bonchev–Trinajstić information content (AvgIpc) is 3.37. The van der Waals surface area contributed by atoms with Crippen molar-refractivity contribution in [2.24, 2.45) is 5.41 Å². The molecule has 16 heteroatoms. The van der Waals surface area contributed by atoms with Crippen LogP contribution >= 0.6 is 0 Å². The molecule has 16 nitrogen and oxygen atoms in total. The average molecular weight is 681 g/mol. The van der Waals surface area contributed by atoms with Crippen LogP contribution in [0.2, 0.25) is 0 Å². The molecule has 1 aliphatic heterocycles. The zero-order chi connectivity index (χ0) is 36.5. The number of nitrogens with one attached hydrogen (secondary N) is 4. The van der Waals surface area contributed by atoms with Crippen LogP contribution in [0.5, 0.6) is 5.75 Å². The zero-order valence-corrected chi connectivity index (χ0v) is 27.4. The highest BCUT2D eigenvalue weighted by molar-refractivity contribution is 5.92. The minimum atomic E-state index is -1.41. The number of carboxylic acids is 2. The highest BCUT2D eigenvalue weighted by Crippen LogP contribution is 2.36. The molecule has 0 fully saturated rings. The lowest BCUT2D eigenvalue weighted by atomic mass is 9.92. The number of aromatic hydroxyl groups is 1. The summed E-state index contributed by atoms with van der Waals surface area (Å²) >= 11 is 0. The van der Waals surface area contributed by atoms with Gasteiger partial charge in [-0.1, -0.05) is 39.0 Å². The molecule has 262 valence electrons. The highest BCUT2D eigenvalue weighted by Gasteiger charge is 2.38. The number of rotatable bonds is 15. The summed E-state index contributed by atoms with van der Waals surface area (Å²) < 4.78 is 0. The number of hydrogen-bond donors (Lipinski definition) is 7. The number of carbonyl (C=O) groups is 5. The monoisotopic (exact) mass is 680 g/mol. The molecule has 3 atom stereocenters. The van der Waals surface area contributed by atoms with E-state index in [9.17, 15) is 49.4 Å². The molecule has 0 radical (unpaired) electrons. The van der Waals surface area contributed by atoms with Crippen molar-refractivity contribution < 1.29 is 44.2 Å². The molecule has 1 aliphatic rings. The quantitative estimate of drug-likeness (QED) is 0.0620. The molecule has 3 amide bonds. The molecule has 0 saturated carbocycles. The van der Waals surface area contributed by atoms with Gasteiger partial charge in [0.05, 0.1) is 4.92 Å². The first-order valence-electron chi connectivity index (χ1n) is 15.2. The van der Waals surface area contributed by atoms with Crippen molar-refractivity contribution in [1.82, 2.24) is 15.5 Å². The Morgan fingerprint density at radius 1 is 0.939 bits per heavy atom. The Labute approximate surface area is 282 Å². The number of aliphatic carboxylic acids is 2. The van der Waals surface area contributed by atoms with E-state index in [-0.39, 0.29) is 42.8 Å². The molecule has 2 aromatic rings. The molecule has 3 rings (SSSR count). The van der Waals surface area contributed by atoms with Gasteiger partial charge in [-0.2, -0.15) is 0 Å². The first kappa shape index (κ1) is 37.5. The third-order valence-corrected chi connectivity index (χ3v) is 7.25. The lowest BCUT2D eigenvalue weighted by molar-refractivity contribution is -0.403. The number of amides is 3. The van der Waals surface area contributed by atoms with E-state index < -0.39 is 52.7 Å². The summed E-state index contributed by atoms with van der Waals surface area (Å²) in [6.45, 7) is 6.79. The number of hydrogen-bond acceptors (Lipinski definition) is 10. The number of phenols is 1. The molecule has 2 aromatic carbocycles. The third-order valence-electron chi connectivity index (χ3n) is 7.25. The summed E-state index contributed by atoms with van der Waals surface area (Å²) in [7, 11) is 0. The van der Waals surface area contributed by atoms with Crippen LogP contribution in [0, 0.1) is 15.5 Å². The topological polar surface area (TPSA) is 241 Å². The Balaban J connectivity index is 1.73. The minimum absolute atomic E-state index is 0.00704. The number of fused-ring (bicyclic) bond motifs is 1. The standard InChI is InChI=1S/C33H40N6O10/c1-19(40)38-17-20-15-22(35-27(18-39(48)49)34-21-9-12-23(41)13-10-21)11-14-24(20)29(38)30(43)37-26(32(46)47)8-6-5-7-25(31(44)45)36-28(42)16-33(2,3)4/h5-6,9-15,18,25-26,29,34-35,41H,7-8,16-17H2,1-4H3,(H,36,42)(H,37,43)(H,44,45)(H,46,47)/b6-5+,27-18-. The Morgan fingerprint density at radius 2 is 1.49 bits per heavy atom. The number of anilines is 2. The molecule has 3 unspecified atom stereocenters. The number of nitro groups is 1. The van der Waals surface area contributed by atoms with Crippen molar-refractivity contribution in [2.45, 2.75) is 71.6 Å². The first-order chi connectivity index (χ1) is 22.9. The molecule has 1 heterocycles. The van der Waals surface area contributed by atoms with E-state index in [0.29, 0.717) is 28.7 Å². The fraction of sp³-hybridized carbons (Fsp3) is 0.364. The van der Waals surface area contributed by atoms with Crippen molar-refractivity contribution in [3.8, 4) is 5.75 Å². The van der Waals surface area contributed by atoms with Gasteiger partial charge in [-0.15, -0.1) is 0 Å². The Kier molecular flexibility index (Phi) is 12.4. The van der Waals surface area contributed by atoms with Crippen molar-refractivity contribution in [3.05, 3.63) is 87.9 Å². The number of nitrogens with zero attached hydrogens (tertiary/aromatic N) is 2. The number of carbonyl (C=O) groups excluding carboxylic acids is 3. The summed E-state index contributed by atoms with van der Waals surface area (Å²) in [5.74, 6) is -4.24. The number of phenolic OH excluding ortho intramolecular Hbond substituents is 1. The lowest BCUT2D eigenvalue weighted by Gasteiger charge is -2.24. The Morgan fingerprint density at radius 3 is 2.02 bits per heavy atom. The van der Waals surface area contributed by atoms with Crippen LogP contribution in [0.4, 0.5) is 11.4 Å². The SMILES string of the molecule is CC(=O)N1Cc2cc(N/C(=C\[N+](=O)[O-])Nc3ccc(O)cc3)ccc2C1C(=O)NC(C/C=C/CC(NC(=O)CC(C)(C)C)C(=O)O)C(=O)O. The predicted molar refractivity (Wildman–Crippen MR) is 177 cm³/mol. The smallest absolute Gasteiger partial charge is 0.326 e. The first-order valence-corrected chi connectivity index (χ1v) is 15.2. The van der Waals surface area contributed by atoms with Crippen molar-refractivity contribution >= 4 is 41.0 Å². The van der Waals surface area contributed by atoms with Gasteiger partial charge in [0.25, 0.3) is 6.20 Å². The Hall–Kier alpha value is -5.93. The fourth-order valence-corrected chi connectivity index (χ4v) is 5.05. The van der Waals surface area contributed by atoms with E-state index in [1.807, 2.05) is 20.8 Å². The molecular formula is C33H40N6O10. The van der Waals surface area contributed by atoms with E-state index >= 15 is 0 Å². The third kappa shape index (κ3) is 11.4. The molecule has 0 saturated heterocycles. The Bertz CT molecular complexity index is 1650. The van der Waals surface area contributed by atoms with E-state index in [1.165, 1.54) is 48.2 Å². The zero-order valence-electron chi connectivity index (χ0n) is 27.4. The second kappa shape index (κ2) is 16.3. The van der Waals surface area contributed by atoms with Crippen LogP contribution in [-0.2, 0) is 30.5 Å². The van der Waals surface area contributed by atoms with E-state index in [0.717, 1.165) is 0 Å². The van der Waals surface area contributed by atoms with Crippen molar-refractivity contribution in [1.29, 1.82) is 0 Å². The molecule has 0 aromatic heterocycles. The van der Waals surface area contributed by atoms with Gasteiger partial charge in [-0.05, 0) is 65.8 Å². The van der Waals surface area contributed by atoms with Gasteiger partial charge in [0.15, 0.2) is 5.82 Å². The second-order valence-corrected chi connectivity index (χ2v) is 12.6. The van der Waals surface area contributed by atoms with Gasteiger partial charge in [0.2, 0.25) is 17.7 Å². The van der Waals surface area contributed by atoms with Crippen LogP contribution in [0.15, 0.2) is 66.6 Å². The van der Waals surface area contributed by atoms with Gasteiger partial charge in [-0.3, -0.25) is 24.5 Å². The van der Waals surface area contributed by atoms with Gasteiger partial charge in [0, 0.05) is 31.3 Å². The maximum absolute atomic E-state index is 13.5. The fourth-order valence-electron chi connectivity index (χ4n) is 5.05. The van der Waals surface area contributed by atoms with E-state index in [2.05, 4.69) is 21.3 Å². The van der Waals surface area contributed by atoms with Crippen LogP contribution in [0.1, 0.15) is 64.1 Å².